The zero-order valence-corrected chi connectivity index (χ0v) is 9.50. The second-order valence-corrected chi connectivity index (χ2v) is 4.19. The average Bonchev–Trinajstić information content (AvgIpc) is 2.01. The van der Waals surface area contributed by atoms with E-state index in [1.54, 1.807) is 0 Å². The quantitative estimate of drug-likeness (QED) is 0.840. The first-order chi connectivity index (χ1) is 6.50. The summed E-state index contributed by atoms with van der Waals surface area (Å²) in [4.78, 5) is 10.4. The van der Waals surface area contributed by atoms with Gasteiger partial charge in [-0.3, -0.25) is 0 Å². The Balaban J connectivity index is 2.90. The van der Waals surface area contributed by atoms with Crippen molar-refractivity contribution >= 4 is 21.9 Å². The molecule has 0 spiro atoms. The van der Waals surface area contributed by atoms with E-state index in [4.69, 9.17) is 0 Å². The van der Waals surface area contributed by atoms with Crippen molar-refractivity contribution in [2.24, 2.45) is 0 Å². The number of aryl methyl sites for hydroxylation is 1. The highest BCUT2D eigenvalue weighted by Gasteiger charge is 2.12. The van der Waals surface area contributed by atoms with Crippen LogP contribution in [0.4, 0.5) is 0 Å². The SMILES string of the molecule is Cc1cc(Br)ccc1[C@H]([NH3+])CC(=O)[O-]. The molecular weight excluding hydrogens is 246 g/mol. The van der Waals surface area contributed by atoms with Gasteiger partial charge in [0.1, 0.15) is 6.04 Å². The highest BCUT2D eigenvalue weighted by Crippen LogP contribution is 2.20. The summed E-state index contributed by atoms with van der Waals surface area (Å²) in [6, 6.07) is 5.48. The molecule has 0 aliphatic rings. The van der Waals surface area contributed by atoms with E-state index in [-0.39, 0.29) is 12.5 Å². The Morgan fingerprint density at radius 2 is 2.29 bits per heavy atom. The van der Waals surface area contributed by atoms with Crippen molar-refractivity contribution in [2.75, 3.05) is 0 Å². The molecule has 3 N–H and O–H groups in total. The Morgan fingerprint density at radius 3 is 2.79 bits per heavy atom. The molecule has 1 atom stereocenters. The minimum Gasteiger partial charge on any atom is -0.550 e. The Labute approximate surface area is 91.1 Å². The molecule has 0 bridgehead atoms. The number of quaternary nitrogens is 1. The van der Waals surface area contributed by atoms with Gasteiger partial charge in [-0.25, -0.2) is 0 Å². The molecule has 1 aromatic rings. The Kier molecular flexibility index (Phi) is 3.66. The lowest BCUT2D eigenvalue weighted by Crippen LogP contribution is -2.55. The number of carbonyl (C=O) groups excluding carboxylic acids is 1. The van der Waals surface area contributed by atoms with Gasteiger partial charge in [0.05, 0.1) is 0 Å². The zero-order chi connectivity index (χ0) is 10.7. The maximum Gasteiger partial charge on any atom is 0.115 e. The fraction of sp³-hybridized carbons (Fsp3) is 0.300. The highest BCUT2D eigenvalue weighted by atomic mass is 79.9. The maximum atomic E-state index is 10.4. The summed E-state index contributed by atoms with van der Waals surface area (Å²) in [6.45, 7) is 1.94. The smallest absolute Gasteiger partial charge is 0.115 e. The van der Waals surface area contributed by atoms with Crippen molar-refractivity contribution in [3.63, 3.8) is 0 Å². The van der Waals surface area contributed by atoms with Crippen LogP contribution in [0.15, 0.2) is 22.7 Å². The summed E-state index contributed by atoms with van der Waals surface area (Å²) in [5.74, 6) is -1.06. The van der Waals surface area contributed by atoms with Crippen LogP contribution in [0.3, 0.4) is 0 Å². The monoisotopic (exact) mass is 257 g/mol. The molecule has 0 unspecified atom stereocenters. The molecule has 0 heterocycles. The lowest BCUT2D eigenvalue weighted by Gasteiger charge is -2.12. The summed E-state index contributed by atoms with van der Waals surface area (Å²) < 4.78 is 0.986. The van der Waals surface area contributed by atoms with Gasteiger partial charge in [0.25, 0.3) is 0 Å². The molecule has 0 aliphatic carbocycles. The molecule has 76 valence electrons. The van der Waals surface area contributed by atoms with E-state index in [2.05, 4.69) is 21.7 Å². The van der Waals surface area contributed by atoms with Crippen LogP contribution in [0.25, 0.3) is 0 Å². The van der Waals surface area contributed by atoms with E-state index in [9.17, 15) is 9.90 Å². The molecule has 3 nitrogen and oxygen atoms in total. The Bertz CT molecular complexity index is 352. The summed E-state index contributed by atoms with van der Waals surface area (Å²) >= 11 is 3.35. The lowest BCUT2D eigenvalue weighted by molar-refractivity contribution is -0.430. The minimum absolute atomic E-state index is 0.0392. The van der Waals surface area contributed by atoms with Crippen molar-refractivity contribution < 1.29 is 15.6 Å². The van der Waals surface area contributed by atoms with Gasteiger partial charge in [0, 0.05) is 22.4 Å². The Hall–Kier alpha value is -0.870. The molecule has 0 fully saturated rings. The maximum absolute atomic E-state index is 10.4. The minimum atomic E-state index is -1.06. The number of aliphatic carboxylic acids is 1. The molecule has 0 saturated heterocycles. The normalized spacial score (nSPS) is 12.5. The number of carboxylic acids is 1. The molecule has 1 aromatic carbocycles. The number of benzene rings is 1. The molecule has 0 saturated carbocycles. The topological polar surface area (TPSA) is 67.8 Å². The van der Waals surface area contributed by atoms with Crippen LogP contribution in [0, 0.1) is 6.92 Å². The fourth-order valence-corrected chi connectivity index (χ4v) is 1.88. The van der Waals surface area contributed by atoms with Crippen LogP contribution < -0.4 is 10.8 Å². The van der Waals surface area contributed by atoms with Crippen molar-refractivity contribution in [1.82, 2.24) is 0 Å². The first kappa shape index (κ1) is 11.2. The van der Waals surface area contributed by atoms with Gasteiger partial charge < -0.3 is 15.6 Å². The van der Waals surface area contributed by atoms with Crippen LogP contribution in [-0.2, 0) is 4.79 Å². The van der Waals surface area contributed by atoms with Crippen LogP contribution >= 0.6 is 15.9 Å². The van der Waals surface area contributed by atoms with Crippen molar-refractivity contribution in [1.29, 1.82) is 0 Å². The predicted octanol–water partition coefficient (Wildman–Crippen LogP) is 0.181. The van der Waals surface area contributed by atoms with Crippen LogP contribution in [0.1, 0.15) is 23.6 Å². The van der Waals surface area contributed by atoms with Crippen LogP contribution in [0.2, 0.25) is 0 Å². The third-order valence-electron chi connectivity index (χ3n) is 2.08. The van der Waals surface area contributed by atoms with E-state index < -0.39 is 5.97 Å². The second-order valence-electron chi connectivity index (χ2n) is 3.27. The number of hydrogen-bond donors (Lipinski definition) is 1. The molecule has 0 aliphatic heterocycles. The number of rotatable bonds is 3. The van der Waals surface area contributed by atoms with Crippen molar-refractivity contribution in [3.8, 4) is 0 Å². The summed E-state index contributed by atoms with van der Waals surface area (Å²) in [5, 5.41) is 10.4. The molecular formula is C10H12BrNO2. The first-order valence-corrected chi connectivity index (χ1v) is 5.09. The summed E-state index contributed by atoms with van der Waals surface area (Å²) in [7, 11) is 0. The number of halogens is 1. The predicted molar refractivity (Wildman–Crippen MR) is 54.1 cm³/mol. The van der Waals surface area contributed by atoms with Gasteiger partial charge in [0.15, 0.2) is 0 Å². The fourth-order valence-electron chi connectivity index (χ4n) is 1.41. The summed E-state index contributed by atoms with van der Waals surface area (Å²) in [5.41, 5.74) is 5.80. The van der Waals surface area contributed by atoms with E-state index in [0.717, 1.165) is 15.6 Å². The van der Waals surface area contributed by atoms with Gasteiger partial charge in [0.2, 0.25) is 0 Å². The molecule has 14 heavy (non-hydrogen) atoms. The molecule has 0 aromatic heterocycles. The number of carboxylic acid groups (broad SMARTS) is 1. The molecule has 0 amide bonds. The summed E-state index contributed by atoms with van der Waals surface area (Å²) in [6.07, 6.45) is -0.0392. The standard InChI is InChI=1S/C10H12BrNO2/c1-6-4-7(11)2-3-8(6)9(12)5-10(13)14/h2-4,9H,5,12H2,1H3,(H,13,14)/t9-/m1/s1. The van der Waals surface area contributed by atoms with E-state index in [1.165, 1.54) is 0 Å². The van der Waals surface area contributed by atoms with Gasteiger partial charge in [-0.05, 0) is 24.6 Å². The van der Waals surface area contributed by atoms with E-state index in [1.807, 2.05) is 25.1 Å². The molecule has 1 rings (SSSR count). The number of hydrogen-bond acceptors (Lipinski definition) is 2. The Morgan fingerprint density at radius 1 is 1.64 bits per heavy atom. The van der Waals surface area contributed by atoms with Crippen molar-refractivity contribution in [2.45, 2.75) is 19.4 Å². The second kappa shape index (κ2) is 4.57. The van der Waals surface area contributed by atoms with Crippen LogP contribution in [0.5, 0.6) is 0 Å². The number of carbonyl (C=O) groups is 1. The van der Waals surface area contributed by atoms with Gasteiger partial charge in [-0.15, -0.1) is 0 Å². The average molecular weight is 258 g/mol. The lowest BCUT2D eigenvalue weighted by atomic mass is 10.00. The molecule has 4 heteroatoms. The third-order valence-corrected chi connectivity index (χ3v) is 2.58. The largest absolute Gasteiger partial charge is 0.550 e. The third kappa shape index (κ3) is 2.82. The first-order valence-electron chi connectivity index (χ1n) is 4.29. The van der Waals surface area contributed by atoms with E-state index in [0.29, 0.717) is 0 Å². The van der Waals surface area contributed by atoms with Crippen LogP contribution in [-0.4, -0.2) is 5.97 Å². The van der Waals surface area contributed by atoms with Crippen molar-refractivity contribution in [3.05, 3.63) is 33.8 Å². The van der Waals surface area contributed by atoms with Gasteiger partial charge >= 0.3 is 0 Å². The van der Waals surface area contributed by atoms with Gasteiger partial charge in [-0.1, -0.05) is 22.0 Å². The van der Waals surface area contributed by atoms with Gasteiger partial charge in [-0.2, -0.15) is 0 Å². The zero-order valence-electron chi connectivity index (χ0n) is 7.92. The van der Waals surface area contributed by atoms with E-state index >= 15 is 0 Å². The highest BCUT2D eigenvalue weighted by molar-refractivity contribution is 9.10. The molecule has 0 radical (unpaired) electrons.